The Morgan fingerprint density at radius 1 is 1.18 bits per heavy atom. The first-order valence-electron chi connectivity index (χ1n) is 4.79. The number of nitrogens with zero attached hydrogens (tertiary/aromatic N) is 3. The molecule has 1 N–H and O–H groups in total. The molecule has 0 spiro atoms. The highest BCUT2D eigenvalue weighted by Crippen LogP contribution is 2.31. The van der Waals surface area contributed by atoms with Crippen LogP contribution in [0.1, 0.15) is 5.69 Å². The quantitative estimate of drug-likeness (QED) is 0.946. The molecule has 0 aliphatic rings. The minimum absolute atomic E-state index is 0.0147. The van der Waals surface area contributed by atoms with E-state index in [-0.39, 0.29) is 6.61 Å². The summed E-state index contributed by atoms with van der Waals surface area (Å²) in [5.74, 6) is 0. The molecule has 0 aliphatic heterocycles. The lowest BCUT2D eigenvalue weighted by Gasteiger charge is -2.06. The molecule has 0 aliphatic carbocycles. The number of aromatic nitrogens is 3. The zero-order valence-electron chi connectivity index (χ0n) is 8.57. The van der Waals surface area contributed by atoms with E-state index in [1.165, 1.54) is 4.68 Å². The summed E-state index contributed by atoms with van der Waals surface area (Å²) in [7, 11) is 0. The Kier molecular flexibility index (Phi) is 3.89. The van der Waals surface area contributed by atoms with Crippen molar-refractivity contribution in [1.82, 2.24) is 15.0 Å². The molecule has 0 radical (unpaired) electrons. The molecular formula is C10H8Cl3N3O. The summed E-state index contributed by atoms with van der Waals surface area (Å²) >= 11 is 17.9. The molecule has 90 valence electrons. The van der Waals surface area contributed by atoms with Crippen LogP contribution < -0.4 is 0 Å². The smallest absolute Gasteiger partial charge is 0.104 e. The summed E-state index contributed by atoms with van der Waals surface area (Å²) in [6.45, 7) is 0.0147. The van der Waals surface area contributed by atoms with E-state index >= 15 is 0 Å². The third kappa shape index (κ3) is 2.72. The zero-order valence-corrected chi connectivity index (χ0v) is 10.8. The second-order valence-electron chi connectivity index (χ2n) is 3.35. The van der Waals surface area contributed by atoms with Gasteiger partial charge in [-0.1, -0.05) is 40.0 Å². The van der Waals surface area contributed by atoms with Crippen molar-refractivity contribution in [3.05, 3.63) is 39.1 Å². The van der Waals surface area contributed by atoms with Crippen molar-refractivity contribution in [3.63, 3.8) is 0 Å². The molecule has 0 unspecified atom stereocenters. The molecule has 2 aromatic rings. The summed E-state index contributed by atoms with van der Waals surface area (Å²) in [5.41, 5.74) is 1.18. The Labute approximate surface area is 113 Å². The van der Waals surface area contributed by atoms with E-state index in [1.807, 2.05) is 0 Å². The van der Waals surface area contributed by atoms with Crippen molar-refractivity contribution in [2.24, 2.45) is 0 Å². The average Bonchev–Trinajstić information content (AvgIpc) is 2.65. The van der Waals surface area contributed by atoms with Crippen molar-refractivity contribution in [3.8, 4) is 5.69 Å². The Morgan fingerprint density at radius 3 is 2.41 bits per heavy atom. The molecular weight excluding hydrogens is 284 g/mol. The van der Waals surface area contributed by atoms with Crippen LogP contribution in [0, 0.1) is 0 Å². The van der Waals surface area contributed by atoms with Gasteiger partial charge in [0.25, 0.3) is 0 Å². The molecule has 0 saturated heterocycles. The van der Waals surface area contributed by atoms with Crippen molar-refractivity contribution in [2.45, 2.75) is 6.42 Å². The fourth-order valence-corrected chi connectivity index (χ4v) is 2.38. The maximum atomic E-state index is 8.80. The lowest BCUT2D eigenvalue weighted by molar-refractivity contribution is 0.298. The van der Waals surface area contributed by atoms with Gasteiger partial charge in [-0.25, -0.2) is 4.68 Å². The topological polar surface area (TPSA) is 50.9 Å². The SMILES string of the molecule is OCCc1cn(-c2c(Cl)cc(Cl)cc2Cl)nn1. The van der Waals surface area contributed by atoms with Gasteiger partial charge in [0.2, 0.25) is 0 Å². The first-order valence-corrected chi connectivity index (χ1v) is 5.92. The predicted octanol–water partition coefficient (Wildman–Crippen LogP) is 2.76. The lowest BCUT2D eigenvalue weighted by atomic mass is 10.3. The van der Waals surface area contributed by atoms with Crippen LogP contribution in [0.15, 0.2) is 18.3 Å². The van der Waals surface area contributed by atoms with Gasteiger partial charge < -0.3 is 5.11 Å². The molecule has 4 nitrogen and oxygen atoms in total. The molecule has 7 heteroatoms. The third-order valence-electron chi connectivity index (χ3n) is 2.12. The van der Waals surface area contributed by atoms with Crippen LogP contribution in [-0.2, 0) is 6.42 Å². The lowest BCUT2D eigenvalue weighted by Crippen LogP contribution is -1.97. The fraction of sp³-hybridized carbons (Fsp3) is 0.200. The molecule has 0 amide bonds. The average molecular weight is 293 g/mol. The van der Waals surface area contributed by atoms with E-state index in [2.05, 4.69) is 10.3 Å². The van der Waals surface area contributed by atoms with Crippen LogP contribution in [0.3, 0.4) is 0 Å². The largest absolute Gasteiger partial charge is 0.396 e. The molecule has 2 rings (SSSR count). The van der Waals surface area contributed by atoms with Crippen LogP contribution in [0.4, 0.5) is 0 Å². The molecule has 0 bridgehead atoms. The van der Waals surface area contributed by atoms with E-state index in [0.717, 1.165) is 0 Å². The minimum atomic E-state index is 0.0147. The molecule has 0 atom stereocenters. The van der Waals surface area contributed by atoms with E-state index in [9.17, 15) is 0 Å². The number of aliphatic hydroxyl groups excluding tert-OH is 1. The Bertz CT molecular complexity index is 518. The standard InChI is InChI=1S/C10H8Cl3N3O/c11-6-3-8(12)10(9(13)4-6)16-5-7(1-2-17)14-15-16/h3-5,17H,1-2H2. The van der Waals surface area contributed by atoms with Gasteiger partial charge >= 0.3 is 0 Å². The molecule has 1 heterocycles. The highest BCUT2D eigenvalue weighted by molar-refractivity contribution is 6.40. The molecule has 0 saturated carbocycles. The fourth-order valence-electron chi connectivity index (χ4n) is 1.39. The second kappa shape index (κ2) is 5.23. The van der Waals surface area contributed by atoms with Gasteiger partial charge in [-0.05, 0) is 12.1 Å². The number of rotatable bonds is 3. The maximum absolute atomic E-state index is 8.80. The third-order valence-corrected chi connectivity index (χ3v) is 2.91. The Balaban J connectivity index is 2.45. The Morgan fingerprint density at radius 2 is 1.82 bits per heavy atom. The summed E-state index contributed by atoms with van der Waals surface area (Å²) in [6, 6.07) is 3.16. The first-order chi connectivity index (χ1) is 8.11. The van der Waals surface area contributed by atoms with Gasteiger partial charge in [-0.3, -0.25) is 0 Å². The highest BCUT2D eigenvalue weighted by atomic mass is 35.5. The normalized spacial score (nSPS) is 10.8. The van der Waals surface area contributed by atoms with Crippen LogP contribution in [0.25, 0.3) is 5.69 Å². The number of halogens is 3. The van der Waals surface area contributed by atoms with Crippen LogP contribution in [-0.4, -0.2) is 26.7 Å². The summed E-state index contributed by atoms with van der Waals surface area (Å²) in [6.07, 6.45) is 2.10. The minimum Gasteiger partial charge on any atom is -0.396 e. The van der Waals surface area contributed by atoms with E-state index in [4.69, 9.17) is 39.9 Å². The van der Waals surface area contributed by atoms with Gasteiger partial charge in [0.05, 0.1) is 21.9 Å². The number of hydrogen-bond donors (Lipinski definition) is 1. The monoisotopic (exact) mass is 291 g/mol. The van der Waals surface area contributed by atoms with Crippen molar-refractivity contribution >= 4 is 34.8 Å². The first kappa shape index (κ1) is 12.6. The van der Waals surface area contributed by atoms with Crippen molar-refractivity contribution in [1.29, 1.82) is 0 Å². The van der Waals surface area contributed by atoms with Gasteiger partial charge in [0.15, 0.2) is 0 Å². The molecule has 17 heavy (non-hydrogen) atoms. The molecule has 0 fully saturated rings. The van der Waals surface area contributed by atoms with Crippen molar-refractivity contribution in [2.75, 3.05) is 6.61 Å². The number of aliphatic hydroxyl groups is 1. The van der Waals surface area contributed by atoms with Gasteiger partial charge in [-0.15, -0.1) is 5.10 Å². The summed E-state index contributed by atoms with van der Waals surface area (Å²) in [5, 5.41) is 17.8. The van der Waals surface area contributed by atoms with E-state index < -0.39 is 0 Å². The molecule has 1 aromatic heterocycles. The molecule has 1 aromatic carbocycles. The maximum Gasteiger partial charge on any atom is 0.104 e. The predicted molar refractivity (Wildman–Crippen MR) is 67.2 cm³/mol. The second-order valence-corrected chi connectivity index (χ2v) is 4.60. The summed E-state index contributed by atoms with van der Waals surface area (Å²) in [4.78, 5) is 0. The van der Waals surface area contributed by atoms with Crippen LogP contribution >= 0.6 is 34.8 Å². The summed E-state index contributed by atoms with van der Waals surface area (Å²) < 4.78 is 1.46. The Hall–Kier alpha value is -0.810. The van der Waals surface area contributed by atoms with E-state index in [0.29, 0.717) is 32.9 Å². The van der Waals surface area contributed by atoms with E-state index in [1.54, 1.807) is 18.3 Å². The van der Waals surface area contributed by atoms with Gasteiger partial charge in [-0.2, -0.15) is 0 Å². The zero-order chi connectivity index (χ0) is 12.4. The van der Waals surface area contributed by atoms with Gasteiger partial charge in [0.1, 0.15) is 5.69 Å². The van der Waals surface area contributed by atoms with Crippen LogP contribution in [0.5, 0.6) is 0 Å². The number of benzene rings is 1. The van der Waals surface area contributed by atoms with Gasteiger partial charge in [0, 0.05) is 18.1 Å². The highest BCUT2D eigenvalue weighted by Gasteiger charge is 2.12. The van der Waals surface area contributed by atoms with Crippen LogP contribution in [0.2, 0.25) is 15.1 Å². The number of hydrogen-bond acceptors (Lipinski definition) is 3. The van der Waals surface area contributed by atoms with Crippen molar-refractivity contribution < 1.29 is 5.11 Å².